The number of hydrogen-bond donors (Lipinski definition) is 2. The first-order chi connectivity index (χ1) is 8.97. The zero-order chi connectivity index (χ0) is 14.0. The standard InChI is InChI=1S/C11H11N4O3P.2Ru/c12-8(16)5-1-3-6(4-2-5)14-10-7(9(13)17)15-11(19)18-10;;/h1-4H,19H2,(H5,12,13,14,16,17);;/q;;+1/p-1. The molecule has 1 aromatic carbocycles. The van der Waals surface area contributed by atoms with Crippen molar-refractivity contribution in [2.24, 2.45) is 5.73 Å². The van der Waals surface area contributed by atoms with Gasteiger partial charge in [-0.25, -0.2) is 4.98 Å². The van der Waals surface area contributed by atoms with Crippen LogP contribution in [0.15, 0.2) is 28.7 Å². The molecular weight excluding hydrogens is 469 g/mol. The molecule has 0 aliphatic rings. The van der Waals surface area contributed by atoms with Gasteiger partial charge in [0.05, 0.1) is 5.91 Å². The Balaban J connectivity index is 0.00000200. The van der Waals surface area contributed by atoms with Gasteiger partial charge >= 0.3 is 19.5 Å². The van der Waals surface area contributed by atoms with Crippen LogP contribution in [0.25, 0.3) is 5.73 Å². The molecule has 2 amide bonds. The van der Waals surface area contributed by atoms with Gasteiger partial charge in [0.2, 0.25) is 11.5 Å². The fourth-order valence-corrected chi connectivity index (χ4v) is 1.67. The second-order valence-electron chi connectivity index (χ2n) is 3.63. The monoisotopic (exact) mass is 481 g/mol. The number of nitrogens with zero attached hydrogens (tertiary/aromatic N) is 1. The molecule has 4 N–H and O–H groups in total. The Morgan fingerprint density at radius 2 is 1.86 bits per heavy atom. The molecule has 0 fully saturated rings. The molecule has 1 heterocycles. The number of carbonyl (C=O) groups excluding carboxylic acids is 2. The van der Waals surface area contributed by atoms with Crippen molar-refractivity contribution >= 4 is 38.3 Å². The molecule has 21 heavy (non-hydrogen) atoms. The molecule has 1 atom stereocenters. The second-order valence-corrected chi connectivity index (χ2v) is 4.12. The average Bonchev–Trinajstić information content (AvgIpc) is 2.71. The minimum absolute atomic E-state index is 0. The maximum Gasteiger partial charge on any atom is 1.00 e. The average molecular weight is 479 g/mol. The summed E-state index contributed by atoms with van der Waals surface area (Å²) in [6.45, 7) is 0. The van der Waals surface area contributed by atoms with E-state index in [9.17, 15) is 9.59 Å². The number of nitrogens with one attached hydrogen (secondary N) is 2. The molecule has 10 heteroatoms. The number of hydrogen-bond acceptors (Lipinski definition) is 5. The van der Waals surface area contributed by atoms with Gasteiger partial charge in [-0.3, -0.25) is 4.79 Å². The van der Waals surface area contributed by atoms with E-state index in [0.29, 0.717) is 5.69 Å². The molecule has 0 aliphatic heterocycles. The molecule has 0 spiro atoms. The minimum Gasteiger partial charge on any atom is -0.664 e. The summed E-state index contributed by atoms with van der Waals surface area (Å²) in [4.78, 5) is 25.8. The van der Waals surface area contributed by atoms with Crippen LogP contribution in [-0.4, -0.2) is 16.8 Å². The Morgan fingerprint density at radius 1 is 1.29 bits per heavy atom. The number of aromatic nitrogens is 1. The van der Waals surface area contributed by atoms with E-state index < -0.39 is 11.8 Å². The van der Waals surface area contributed by atoms with Gasteiger partial charge in [0, 0.05) is 25.2 Å². The van der Waals surface area contributed by atoms with E-state index in [2.05, 4.69) is 19.5 Å². The summed E-state index contributed by atoms with van der Waals surface area (Å²) >= 11 is 0. The van der Waals surface area contributed by atoms with E-state index in [0.717, 1.165) is 0 Å². The second kappa shape index (κ2) is 8.33. The molecule has 1 radical (unpaired) electrons. The van der Waals surface area contributed by atoms with Gasteiger partial charge < -0.3 is 26.0 Å². The Labute approximate surface area is 148 Å². The quantitative estimate of drug-likeness (QED) is 0.504. The van der Waals surface area contributed by atoms with Crippen molar-refractivity contribution in [2.75, 3.05) is 5.32 Å². The van der Waals surface area contributed by atoms with Crippen molar-refractivity contribution in [3.05, 3.63) is 41.3 Å². The maximum absolute atomic E-state index is 11.1. The van der Waals surface area contributed by atoms with E-state index in [-0.39, 0.29) is 61.7 Å². The number of nitrogens with two attached hydrogens (primary N) is 1. The summed E-state index contributed by atoms with van der Waals surface area (Å²) in [6.07, 6.45) is 0. The van der Waals surface area contributed by atoms with E-state index in [4.69, 9.17) is 15.9 Å². The third kappa shape index (κ3) is 4.96. The van der Waals surface area contributed by atoms with Crippen LogP contribution in [-0.2, 0) is 39.0 Å². The number of carbonyl (C=O) groups is 2. The summed E-state index contributed by atoms with van der Waals surface area (Å²) in [7, 11) is 2.22. The van der Waals surface area contributed by atoms with Gasteiger partial charge in [-0.15, -0.1) is 0 Å². The Kier molecular flexibility index (Phi) is 7.87. The first-order valence-electron chi connectivity index (χ1n) is 5.16. The fraction of sp³-hybridized carbons (Fsp3) is 0. The van der Waals surface area contributed by atoms with Crippen LogP contribution in [0.2, 0.25) is 0 Å². The van der Waals surface area contributed by atoms with Gasteiger partial charge in [-0.1, -0.05) is 12.1 Å². The van der Waals surface area contributed by atoms with Gasteiger partial charge in [0.25, 0.3) is 5.91 Å². The predicted octanol–water partition coefficient (Wildman–Crippen LogP) is 1.20. The Hall–Kier alpha value is -1.15. The molecule has 0 aliphatic carbocycles. The first kappa shape index (κ1) is 19.8. The number of rotatable bonds is 4. The fourth-order valence-electron chi connectivity index (χ4n) is 1.42. The zero-order valence-corrected chi connectivity index (χ0v) is 15.0. The van der Waals surface area contributed by atoms with Gasteiger partial charge in [-0.05, 0) is 26.9 Å². The van der Waals surface area contributed by atoms with Crippen LogP contribution < -0.4 is 16.7 Å². The topological polar surface area (TPSA) is 122 Å². The normalized spacial score (nSPS) is 9.19. The molecule has 0 saturated heterocycles. The number of anilines is 2. The van der Waals surface area contributed by atoms with Crippen LogP contribution in [0, 0.1) is 0 Å². The number of benzene rings is 1. The van der Waals surface area contributed by atoms with Crippen molar-refractivity contribution in [3.8, 4) is 0 Å². The van der Waals surface area contributed by atoms with Crippen LogP contribution in [0.5, 0.6) is 0 Å². The maximum atomic E-state index is 11.1. The first-order valence-corrected chi connectivity index (χ1v) is 5.74. The summed E-state index contributed by atoms with van der Waals surface area (Å²) < 4.78 is 5.19. The van der Waals surface area contributed by atoms with Crippen molar-refractivity contribution in [2.45, 2.75) is 0 Å². The number of primary amides is 1. The molecular formula is C11H10N4O3PRu2. The molecule has 0 saturated carbocycles. The molecule has 1 aromatic heterocycles. The van der Waals surface area contributed by atoms with Crippen LogP contribution in [0.3, 0.4) is 0 Å². The van der Waals surface area contributed by atoms with Gasteiger partial charge in [0.15, 0.2) is 5.69 Å². The molecule has 1 unspecified atom stereocenters. The van der Waals surface area contributed by atoms with E-state index in [1.807, 2.05) is 0 Å². The van der Waals surface area contributed by atoms with Crippen molar-refractivity contribution in [3.63, 3.8) is 0 Å². The zero-order valence-electron chi connectivity index (χ0n) is 10.3. The predicted molar refractivity (Wildman–Crippen MR) is 72.7 cm³/mol. The summed E-state index contributed by atoms with van der Waals surface area (Å²) in [5.74, 6) is -1.35. The Morgan fingerprint density at radius 3 is 2.33 bits per heavy atom. The Bertz CT molecular complexity index is 645. The summed E-state index contributed by atoms with van der Waals surface area (Å²) in [6, 6.07) is 6.13. The number of amides is 2. The van der Waals surface area contributed by atoms with Crippen molar-refractivity contribution in [1.82, 2.24) is 4.98 Å². The minimum atomic E-state index is -0.767. The smallest absolute Gasteiger partial charge is 0.664 e. The molecule has 113 valence electrons. The molecule has 2 rings (SSSR count). The molecule has 7 nitrogen and oxygen atoms in total. The van der Waals surface area contributed by atoms with E-state index in [1.165, 1.54) is 12.1 Å². The van der Waals surface area contributed by atoms with E-state index in [1.54, 1.807) is 12.1 Å². The largest absolute Gasteiger partial charge is 1.00 e. The molecule has 2 aromatic rings. The summed E-state index contributed by atoms with van der Waals surface area (Å²) in [5.41, 5.74) is 13.2. The molecule has 0 bridgehead atoms. The van der Waals surface area contributed by atoms with Crippen molar-refractivity contribution < 1.29 is 53.0 Å². The number of oxazole rings is 1. The van der Waals surface area contributed by atoms with Crippen LogP contribution >= 0.6 is 9.24 Å². The third-order valence-electron chi connectivity index (χ3n) is 2.28. The van der Waals surface area contributed by atoms with Gasteiger partial charge in [0.1, 0.15) is 0 Å². The van der Waals surface area contributed by atoms with Crippen LogP contribution in [0.4, 0.5) is 11.6 Å². The SMILES string of the molecule is [NH-]C(=O)c1ccc(Nc2oc(P)nc2C(N)=O)cc1.[Ru+].[Ru]. The van der Waals surface area contributed by atoms with Crippen LogP contribution in [0.1, 0.15) is 20.8 Å². The van der Waals surface area contributed by atoms with Gasteiger partial charge in [-0.2, -0.15) is 0 Å². The summed E-state index contributed by atoms with van der Waals surface area (Å²) in [5, 5.41) is 2.82. The van der Waals surface area contributed by atoms with E-state index >= 15 is 0 Å². The van der Waals surface area contributed by atoms with Crippen molar-refractivity contribution in [1.29, 1.82) is 0 Å². The third-order valence-corrected chi connectivity index (χ3v) is 2.53.